The van der Waals surface area contributed by atoms with Gasteiger partial charge in [-0.3, -0.25) is 0 Å². The predicted octanol–water partition coefficient (Wildman–Crippen LogP) is 5.78. The molecule has 0 aliphatic carbocycles. The Morgan fingerprint density at radius 1 is 0.595 bits per heavy atom. The lowest BCUT2D eigenvalue weighted by Crippen LogP contribution is -2.10. The maximum Gasteiger partial charge on any atom is 0.417 e. The van der Waals surface area contributed by atoms with Crippen molar-refractivity contribution in [2.45, 2.75) is 12.4 Å². The zero-order chi connectivity index (χ0) is 26.9. The van der Waals surface area contributed by atoms with E-state index in [-0.39, 0.29) is 52.4 Å². The Labute approximate surface area is 204 Å². The highest BCUT2D eigenvalue weighted by Gasteiger charge is 2.37. The van der Waals surface area contributed by atoms with E-state index in [0.29, 0.717) is 12.1 Å². The molecule has 0 unspecified atom stereocenters. The molecule has 4 aromatic carbocycles. The molecule has 0 atom stereocenters. The van der Waals surface area contributed by atoms with Crippen molar-refractivity contribution in [1.29, 1.82) is 21.0 Å². The molecule has 0 bridgehead atoms. The van der Waals surface area contributed by atoms with Crippen molar-refractivity contribution in [2.75, 3.05) is 0 Å². The number of fused-ring (bicyclic) bond motifs is 7. The molecule has 0 spiro atoms. The van der Waals surface area contributed by atoms with Gasteiger partial charge in [0.2, 0.25) is 12.4 Å². The summed E-state index contributed by atoms with van der Waals surface area (Å²) in [7, 11) is 0. The third kappa shape index (κ3) is 3.15. The molecule has 5 aromatic rings. The number of halogens is 6. The fourth-order valence-electron chi connectivity index (χ4n) is 4.64. The van der Waals surface area contributed by atoms with E-state index in [0.717, 1.165) is 23.5 Å². The molecule has 0 fully saturated rings. The van der Waals surface area contributed by atoms with E-state index in [1.54, 1.807) is 0 Å². The van der Waals surface area contributed by atoms with Gasteiger partial charge < -0.3 is 0 Å². The zero-order valence-corrected chi connectivity index (χ0v) is 18.5. The lowest BCUT2D eigenvalue weighted by atomic mass is 9.99. The Balaban J connectivity index is 2.14. The van der Waals surface area contributed by atoms with Crippen molar-refractivity contribution in [3.8, 4) is 24.5 Å². The van der Waals surface area contributed by atoms with E-state index >= 15 is 0 Å². The number of hydrogen-bond donors (Lipinski definition) is 0. The van der Waals surface area contributed by atoms with Crippen molar-refractivity contribution >= 4 is 53.1 Å². The van der Waals surface area contributed by atoms with Crippen LogP contribution in [0.5, 0.6) is 0 Å². The number of rotatable bonds is 0. The minimum absolute atomic E-state index is 0.105. The van der Waals surface area contributed by atoms with Crippen LogP contribution in [0.1, 0.15) is 22.3 Å². The normalized spacial score (nSPS) is 13.4. The van der Waals surface area contributed by atoms with Crippen LogP contribution in [-0.4, -0.2) is 0 Å². The fourth-order valence-corrected chi connectivity index (χ4v) is 5.96. The smallest absolute Gasteiger partial charge is 0.192 e. The molecule has 6 nitrogen and oxygen atoms in total. The second-order valence-electron chi connectivity index (χ2n) is 7.67. The number of benzene rings is 2. The molecule has 37 heavy (non-hydrogen) atoms. The monoisotopic (exact) mass is 522 g/mol. The maximum absolute atomic E-state index is 13.6. The highest BCUT2D eigenvalue weighted by Crippen LogP contribution is 2.45. The minimum atomic E-state index is -4.88. The summed E-state index contributed by atoms with van der Waals surface area (Å²) in [5.41, 5.74) is -3.99. The molecule has 178 valence electrons. The number of alkyl halides is 6. The number of nitriles is 4. The van der Waals surface area contributed by atoms with Gasteiger partial charge in [0.15, 0.2) is 0 Å². The average Bonchev–Trinajstić information content (AvgIpc) is 3.45. The van der Waals surface area contributed by atoms with Gasteiger partial charge in [-0.2, -0.15) is 57.4 Å². The van der Waals surface area contributed by atoms with E-state index < -0.39 is 34.6 Å². The molecule has 13 heteroatoms. The van der Waals surface area contributed by atoms with Gasteiger partial charge in [-0.05, 0) is 22.9 Å². The van der Waals surface area contributed by atoms with Crippen molar-refractivity contribution in [3.05, 3.63) is 57.2 Å². The number of thiophene rings is 1. The summed E-state index contributed by atoms with van der Waals surface area (Å²) >= 11 is 0.840. The van der Waals surface area contributed by atoms with Crippen LogP contribution >= 0.6 is 11.3 Å². The first-order valence-corrected chi connectivity index (χ1v) is 10.7. The lowest BCUT2D eigenvalue weighted by Gasteiger charge is -2.09. The second-order valence-corrected chi connectivity index (χ2v) is 8.69. The van der Waals surface area contributed by atoms with Gasteiger partial charge in [-0.1, -0.05) is 12.1 Å². The van der Waals surface area contributed by atoms with Crippen molar-refractivity contribution in [3.63, 3.8) is 0 Å². The van der Waals surface area contributed by atoms with E-state index in [1.165, 1.54) is 24.5 Å². The molecule has 0 aliphatic heterocycles. The first kappa shape index (κ1) is 23.7. The van der Waals surface area contributed by atoms with Crippen LogP contribution in [0.2, 0.25) is 0 Å². The SMILES string of the molecule is N#C/N=c1\c2sc3/c(=N/C#N)c4c(C#N)c(C(F)(F)F)ccc4c3c2c2ccc(C(F)(F)F)c(C#N)c12. The summed E-state index contributed by atoms with van der Waals surface area (Å²) in [6, 6.07) is 6.66. The van der Waals surface area contributed by atoms with Gasteiger partial charge in [-0.15, -0.1) is 11.3 Å². The van der Waals surface area contributed by atoms with E-state index in [1.807, 2.05) is 0 Å². The van der Waals surface area contributed by atoms with Crippen molar-refractivity contribution in [2.24, 2.45) is 9.98 Å². The molecule has 1 heterocycles. The Hall–Kier alpha value is -4.98. The van der Waals surface area contributed by atoms with E-state index in [9.17, 15) is 47.4 Å². The third-order valence-corrected chi connectivity index (χ3v) is 7.12. The van der Waals surface area contributed by atoms with Gasteiger partial charge in [0.05, 0.1) is 31.7 Å². The molecule has 5 rings (SSSR count). The molecular weight excluding hydrogens is 518 g/mol. The van der Waals surface area contributed by atoms with Gasteiger partial charge in [-0.25, -0.2) is 0 Å². The topological polar surface area (TPSA) is 120 Å². The molecule has 0 saturated heterocycles. The largest absolute Gasteiger partial charge is 0.417 e. The number of nitrogens with zero attached hydrogens (tertiary/aromatic N) is 6. The van der Waals surface area contributed by atoms with Crippen LogP contribution in [0, 0.1) is 45.6 Å². The summed E-state index contributed by atoms with van der Waals surface area (Å²) in [5, 5.41) is 37.5. The van der Waals surface area contributed by atoms with Crippen LogP contribution in [0.15, 0.2) is 34.3 Å². The van der Waals surface area contributed by atoms with Crippen molar-refractivity contribution in [1.82, 2.24) is 0 Å². The van der Waals surface area contributed by atoms with Crippen LogP contribution < -0.4 is 10.7 Å². The molecular formula is C24H4F6N6S. The quantitative estimate of drug-likeness (QED) is 0.189. The maximum atomic E-state index is 13.6. The molecule has 0 amide bonds. The Morgan fingerprint density at radius 3 is 1.27 bits per heavy atom. The highest BCUT2D eigenvalue weighted by atomic mass is 32.1. The van der Waals surface area contributed by atoms with Gasteiger partial charge >= 0.3 is 12.4 Å². The average molecular weight is 522 g/mol. The Morgan fingerprint density at radius 2 is 0.973 bits per heavy atom. The first-order valence-electron chi connectivity index (χ1n) is 9.90. The first-order chi connectivity index (χ1) is 17.5. The summed E-state index contributed by atoms with van der Waals surface area (Å²) in [5.74, 6) is 0. The molecule has 0 saturated carbocycles. The Kier molecular flexibility index (Phi) is 4.98. The minimum Gasteiger partial charge on any atom is -0.192 e. The Bertz CT molecular complexity index is 1960. The van der Waals surface area contributed by atoms with Crippen LogP contribution in [0.3, 0.4) is 0 Å². The van der Waals surface area contributed by atoms with E-state index in [4.69, 9.17) is 0 Å². The fraction of sp³-hybridized carbons (Fsp3) is 0.0833. The highest BCUT2D eigenvalue weighted by molar-refractivity contribution is 7.26. The predicted molar refractivity (Wildman–Crippen MR) is 119 cm³/mol. The molecule has 0 N–H and O–H groups in total. The summed E-state index contributed by atoms with van der Waals surface area (Å²) < 4.78 is 82.1. The third-order valence-electron chi connectivity index (χ3n) is 5.92. The van der Waals surface area contributed by atoms with Gasteiger partial charge in [0.25, 0.3) is 0 Å². The van der Waals surface area contributed by atoms with Crippen LogP contribution in [0.25, 0.3) is 41.7 Å². The summed E-state index contributed by atoms with van der Waals surface area (Å²) in [4.78, 5) is 7.33. The lowest BCUT2D eigenvalue weighted by molar-refractivity contribution is -0.138. The molecule has 0 aliphatic rings. The summed E-state index contributed by atoms with van der Waals surface area (Å²) in [6.45, 7) is 0. The second kappa shape index (κ2) is 7.76. The van der Waals surface area contributed by atoms with Gasteiger partial charge in [0.1, 0.15) is 22.9 Å². The van der Waals surface area contributed by atoms with Crippen molar-refractivity contribution < 1.29 is 26.3 Å². The van der Waals surface area contributed by atoms with Gasteiger partial charge in [0, 0.05) is 21.5 Å². The van der Waals surface area contributed by atoms with Crippen LogP contribution in [0.4, 0.5) is 26.3 Å². The van der Waals surface area contributed by atoms with Crippen LogP contribution in [-0.2, 0) is 12.4 Å². The van der Waals surface area contributed by atoms with E-state index in [2.05, 4.69) is 9.98 Å². The zero-order valence-electron chi connectivity index (χ0n) is 17.7. The number of hydrogen-bond acceptors (Lipinski definition) is 7. The summed E-state index contributed by atoms with van der Waals surface area (Å²) in [6.07, 6.45) is -6.73. The standard InChI is InChI=1S/C24H4F6N6S/c25-23(26,27)13-3-1-9-15(11(13)5-31)19(35-7-33)21-17(9)18-10-2-4-14(24(28,29)30)12(6-32)16(10)20(36-8-34)22(18)37-21/h1-4H/b35-19-,36-20+. The molecule has 1 aromatic heterocycles. The molecule has 0 radical (unpaired) electrons.